The SMILES string of the molecule is C=C(C)C(=O)C(C)(NC)N1C(=O)C(=O)N(C)C1=O. The summed E-state index contributed by atoms with van der Waals surface area (Å²) in [6.45, 7) is 6.31. The van der Waals surface area contributed by atoms with Gasteiger partial charge in [-0.15, -0.1) is 0 Å². The first kappa shape index (κ1) is 14.0. The monoisotopic (exact) mass is 253 g/mol. The van der Waals surface area contributed by atoms with Crippen LogP contribution in [0.25, 0.3) is 0 Å². The topological polar surface area (TPSA) is 86.8 Å². The fourth-order valence-corrected chi connectivity index (χ4v) is 1.70. The quantitative estimate of drug-likeness (QED) is 0.414. The molecular formula is C11H15N3O4. The Morgan fingerprint density at radius 1 is 1.28 bits per heavy atom. The van der Waals surface area contributed by atoms with E-state index in [1.807, 2.05) is 0 Å². The molecule has 7 heteroatoms. The second kappa shape index (κ2) is 4.34. The lowest BCUT2D eigenvalue weighted by molar-refractivity contribution is -0.147. The number of rotatable bonds is 4. The van der Waals surface area contributed by atoms with Gasteiger partial charge in [0.2, 0.25) is 0 Å². The van der Waals surface area contributed by atoms with Crippen molar-refractivity contribution < 1.29 is 19.2 Å². The molecule has 1 N–H and O–H groups in total. The van der Waals surface area contributed by atoms with Gasteiger partial charge in [-0.1, -0.05) is 6.58 Å². The largest absolute Gasteiger partial charge is 0.335 e. The lowest BCUT2D eigenvalue weighted by Gasteiger charge is -2.34. The molecule has 1 heterocycles. The summed E-state index contributed by atoms with van der Waals surface area (Å²) in [4.78, 5) is 48.4. The number of hydrogen-bond donors (Lipinski definition) is 1. The molecule has 1 rings (SSSR count). The molecule has 7 nitrogen and oxygen atoms in total. The number of carbonyl (C=O) groups excluding carboxylic acids is 4. The third kappa shape index (κ3) is 1.72. The molecule has 1 aliphatic heterocycles. The fraction of sp³-hybridized carbons (Fsp3) is 0.455. The molecule has 98 valence electrons. The zero-order valence-electron chi connectivity index (χ0n) is 10.7. The van der Waals surface area contributed by atoms with Crippen molar-refractivity contribution in [2.24, 2.45) is 0 Å². The third-order valence-corrected chi connectivity index (χ3v) is 2.93. The highest BCUT2D eigenvalue weighted by molar-refractivity contribution is 6.45. The van der Waals surface area contributed by atoms with Crippen LogP contribution in [0.3, 0.4) is 0 Å². The standard InChI is InChI=1S/C11H15N3O4/c1-6(2)7(15)11(3,12-4)14-9(17)8(16)13(5)10(14)18/h12H,1H2,2-5H3. The van der Waals surface area contributed by atoms with E-state index in [0.717, 1.165) is 0 Å². The number of imide groups is 2. The van der Waals surface area contributed by atoms with E-state index in [0.29, 0.717) is 9.80 Å². The first-order chi connectivity index (χ1) is 8.18. The summed E-state index contributed by atoms with van der Waals surface area (Å²) < 4.78 is 0. The van der Waals surface area contributed by atoms with Gasteiger partial charge in [0.25, 0.3) is 0 Å². The van der Waals surface area contributed by atoms with Crippen molar-refractivity contribution in [1.29, 1.82) is 0 Å². The Bertz CT molecular complexity index is 471. The number of urea groups is 1. The van der Waals surface area contributed by atoms with Crippen molar-refractivity contribution >= 4 is 23.6 Å². The summed E-state index contributed by atoms with van der Waals surface area (Å²) in [5.74, 6) is -2.53. The number of likely N-dealkylation sites (N-methyl/N-ethyl adjacent to an activating group) is 2. The van der Waals surface area contributed by atoms with Crippen LogP contribution in [0.2, 0.25) is 0 Å². The van der Waals surface area contributed by atoms with Crippen LogP contribution in [0.1, 0.15) is 13.8 Å². The van der Waals surface area contributed by atoms with E-state index < -0.39 is 29.3 Å². The van der Waals surface area contributed by atoms with E-state index in [4.69, 9.17) is 0 Å². The lowest BCUT2D eigenvalue weighted by atomic mass is 10.00. The Labute approximate surface area is 104 Å². The highest BCUT2D eigenvalue weighted by Crippen LogP contribution is 2.23. The van der Waals surface area contributed by atoms with Crippen LogP contribution in [-0.4, -0.2) is 53.2 Å². The Morgan fingerprint density at radius 3 is 2.06 bits per heavy atom. The average Bonchev–Trinajstić information content (AvgIpc) is 2.52. The minimum Gasteiger partial charge on any atom is -0.291 e. The molecule has 18 heavy (non-hydrogen) atoms. The summed E-state index contributed by atoms with van der Waals surface area (Å²) in [7, 11) is 2.61. The van der Waals surface area contributed by atoms with Crippen LogP contribution in [0.4, 0.5) is 4.79 Å². The van der Waals surface area contributed by atoms with Crippen LogP contribution in [0, 0.1) is 0 Å². The molecule has 1 unspecified atom stereocenters. The van der Waals surface area contributed by atoms with Crippen molar-refractivity contribution in [2.75, 3.05) is 14.1 Å². The highest BCUT2D eigenvalue weighted by Gasteiger charge is 2.53. The summed E-state index contributed by atoms with van der Waals surface area (Å²) in [6, 6.07) is -0.837. The van der Waals surface area contributed by atoms with Gasteiger partial charge in [0.05, 0.1) is 0 Å². The van der Waals surface area contributed by atoms with Gasteiger partial charge in [-0.25, -0.2) is 9.69 Å². The molecule has 1 saturated heterocycles. The number of Topliss-reactive ketones (excluding diaryl/α,β-unsaturated/α-hetero) is 1. The second-order valence-corrected chi connectivity index (χ2v) is 4.22. The molecule has 0 aromatic heterocycles. The van der Waals surface area contributed by atoms with Gasteiger partial charge in [0, 0.05) is 7.05 Å². The second-order valence-electron chi connectivity index (χ2n) is 4.22. The van der Waals surface area contributed by atoms with Crippen LogP contribution in [-0.2, 0) is 14.4 Å². The number of carbonyl (C=O) groups is 4. The summed E-state index contributed by atoms with van der Waals surface area (Å²) in [5.41, 5.74) is -1.44. The lowest BCUT2D eigenvalue weighted by Crippen LogP contribution is -2.63. The molecule has 0 spiro atoms. The van der Waals surface area contributed by atoms with Crippen LogP contribution >= 0.6 is 0 Å². The zero-order valence-corrected chi connectivity index (χ0v) is 10.7. The van der Waals surface area contributed by atoms with Gasteiger partial charge in [0.1, 0.15) is 0 Å². The number of nitrogens with one attached hydrogen (secondary N) is 1. The van der Waals surface area contributed by atoms with E-state index in [1.165, 1.54) is 27.9 Å². The molecule has 1 atom stereocenters. The maximum atomic E-state index is 12.0. The third-order valence-electron chi connectivity index (χ3n) is 2.93. The number of amides is 4. The van der Waals surface area contributed by atoms with Gasteiger partial charge in [0.15, 0.2) is 11.4 Å². The molecular weight excluding hydrogens is 238 g/mol. The van der Waals surface area contributed by atoms with Crippen molar-refractivity contribution in [3.8, 4) is 0 Å². The Hall–Kier alpha value is -2.02. The van der Waals surface area contributed by atoms with Crippen LogP contribution in [0.5, 0.6) is 0 Å². The molecule has 4 amide bonds. The van der Waals surface area contributed by atoms with Gasteiger partial charge >= 0.3 is 17.8 Å². The number of ketones is 1. The minimum absolute atomic E-state index is 0.175. The van der Waals surface area contributed by atoms with Gasteiger partial charge in [-0.05, 0) is 26.5 Å². The molecule has 0 bridgehead atoms. The minimum atomic E-state index is -1.61. The van der Waals surface area contributed by atoms with E-state index in [9.17, 15) is 19.2 Å². The molecule has 1 aliphatic rings. The predicted molar refractivity (Wildman–Crippen MR) is 62.3 cm³/mol. The summed E-state index contributed by atoms with van der Waals surface area (Å²) in [5, 5.41) is 2.60. The van der Waals surface area contributed by atoms with E-state index in [2.05, 4.69) is 11.9 Å². The van der Waals surface area contributed by atoms with E-state index in [-0.39, 0.29) is 5.57 Å². The Balaban J connectivity index is 3.30. The molecule has 1 fully saturated rings. The zero-order chi connectivity index (χ0) is 14.2. The first-order valence-electron chi connectivity index (χ1n) is 5.24. The number of hydrogen-bond acceptors (Lipinski definition) is 5. The van der Waals surface area contributed by atoms with Gasteiger partial charge in [-0.2, -0.15) is 0 Å². The molecule has 0 radical (unpaired) electrons. The first-order valence-corrected chi connectivity index (χ1v) is 5.24. The van der Waals surface area contributed by atoms with Gasteiger partial charge < -0.3 is 0 Å². The Morgan fingerprint density at radius 2 is 1.78 bits per heavy atom. The van der Waals surface area contributed by atoms with Gasteiger partial charge in [-0.3, -0.25) is 24.6 Å². The van der Waals surface area contributed by atoms with Crippen LogP contribution < -0.4 is 5.32 Å². The maximum absolute atomic E-state index is 12.0. The van der Waals surface area contributed by atoms with Crippen molar-refractivity contribution in [1.82, 2.24) is 15.1 Å². The highest BCUT2D eigenvalue weighted by atomic mass is 16.2. The molecule has 0 aromatic rings. The Kier molecular flexibility index (Phi) is 3.38. The molecule has 0 saturated carbocycles. The van der Waals surface area contributed by atoms with Crippen LogP contribution in [0.15, 0.2) is 12.2 Å². The molecule has 0 aliphatic carbocycles. The van der Waals surface area contributed by atoms with Crippen molar-refractivity contribution in [3.63, 3.8) is 0 Å². The summed E-state index contributed by atoms with van der Waals surface area (Å²) in [6.07, 6.45) is 0. The van der Waals surface area contributed by atoms with E-state index in [1.54, 1.807) is 0 Å². The van der Waals surface area contributed by atoms with E-state index >= 15 is 0 Å². The fourth-order valence-electron chi connectivity index (χ4n) is 1.70. The summed E-state index contributed by atoms with van der Waals surface area (Å²) >= 11 is 0. The van der Waals surface area contributed by atoms with Crippen molar-refractivity contribution in [2.45, 2.75) is 19.5 Å². The average molecular weight is 253 g/mol. The predicted octanol–water partition coefficient (Wildman–Crippen LogP) is -0.512. The maximum Gasteiger partial charge on any atom is 0.335 e. The van der Waals surface area contributed by atoms with Crippen molar-refractivity contribution in [3.05, 3.63) is 12.2 Å². The normalized spacial score (nSPS) is 19.2. The smallest absolute Gasteiger partial charge is 0.291 e. The molecule has 0 aromatic carbocycles. The number of nitrogens with zero attached hydrogens (tertiary/aromatic N) is 2.